The lowest BCUT2D eigenvalue weighted by Gasteiger charge is -2.05. The van der Waals surface area contributed by atoms with Crippen molar-refractivity contribution in [2.45, 2.75) is 0 Å². The van der Waals surface area contributed by atoms with Gasteiger partial charge in [0, 0.05) is 6.07 Å². The van der Waals surface area contributed by atoms with Crippen LogP contribution in [0.25, 0.3) is 0 Å². The number of nitrogens with two attached hydrogens (primary N) is 1. The first-order chi connectivity index (χ1) is 6.63. The highest BCUT2D eigenvalue weighted by atomic mass is 16.6. The van der Waals surface area contributed by atoms with E-state index in [1.54, 1.807) is 6.07 Å². The zero-order chi connectivity index (χ0) is 10.6. The number of rotatable bonds is 3. The normalized spacial score (nSPS) is 9.50. The van der Waals surface area contributed by atoms with Crippen molar-refractivity contribution in [2.24, 2.45) is 0 Å². The van der Waals surface area contributed by atoms with E-state index in [0.717, 1.165) is 0 Å². The minimum Gasteiger partial charge on any atom is -0.506 e. The molecule has 0 amide bonds. The van der Waals surface area contributed by atoms with Crippen molar-refractivity contribution >= 4 is 11.7 Å². The van der Waals surface area contributed by atoms with Crippen LogP contribution in [0.15, 0.2) is 18.2 Å². The number of anilines is 1. The van der Waals surface area contributed by atoms with E-state index in [9.17, 15) is 9.90 Å². The number of aromatic hydroxyl groups is 1. The van der Waals surface area contributed by atoms with Crippen LogP contribution < -0.4 is 10.5 Å². The van der Waals surface area contributed by atoms with Crippen LogP contribution in [0, 0.1) is 0 Å². The van der Waals surface area contributed by atoms with Crippen LogP contribution in [0.3, 0.4) is 0 Å². The summed E-state index contributed by atoms with van der Waals surface area (Å²) in [7, 11) is 1.27. The van der Waals surface area contributed by atoms with E-state index >= 15 is 0 Å². The highest BCUT2D eigenvalue weighted by molar-refractivity contribution is 5.71. The van der Waals surface area contributed by atoms with Gasteiger partial charge in [0.2, 0.25) is 0 Å². The summed E-state index contributed by atoms with van der Waals surface area (Å²) in [6, 6.07) is 4.37. The Balaban J connectivity index is 2.60. The highest BCUT2D eigenvalue weighted by Gasteiger charge is 2.03. The van der Waals surface area contributed by atoms with Crippen LogP contribution in [-0.4, -0.2) is 24.8 Å². The Labute approximate surface area is 81.0 Å². The third-order valence-corrected chi connectivity index (χ3v) is 1.59. The Bertz CT molecular complexity index is 338. The number of carbonyl (C=O) groups is 1. The minimum absolute atomic E-state index is 0.0765. The molecule has 0 aliphatic heterocycles. The first kappa shape index (κ1) is 10.2. The maximum absolute atomic E-state index is 10.7. The summed E-state index contributed by atoms with van der Waals surface area (Å²) < 4.78 is 9.38. The van der Waals surface area contributed by atoms with Gasteiger partial charge in [0.05, 0.1) is 12.8 Å². The van der Waals surface area contributed by atoms with Gasteiger partial charge in [-0.1, -0.05) is 0 Å². The van der Waals surface area contributed by atoms with Gasteiger partial charge in [0.15, 0.2) is 6.61 Å². The molecule has 3 N–H and O–H groups in total. The summed E-state index contributed by atoms with van der Waals surface area (Å²) in [5.41, 5.74) is 5.63. The van der Waals surface area contributed by atoms with E-state index in [-0.39, 0.29) is 18.0 Å². The number of hydrogen-bond donors (Lipinski definition) is 2. The molecule has 0 unspecified atom stereocenters. The van der Waals surface area contributed by atoms with Gasteiger partial charge in [0.1, 0.15) is 11.5 Å². The smallest absolute Gasteiger partial charge is 0.343 e. The molecule has 0 heterocycles. The summed E-state index contributed by atoms with van der Waals surface area (Å²) in [6.45, 7) is -0.195. The van der Waals surface area contributed by atoms with Gasteiger partial charge in [-0.15, -0.1) is 0 Å². The van der Waals surface area contributed by atoms with Gasteiger partial charge in [-0.25, -0.2) is 4.79 Å². The molecule has 5 nitrogen and oxygen atoms in total. The van der Waals surface area contributed by atoms with Gasteiger partial charge in [-0.05, 0) is 12.1 Å². The van der Waals surface area contributed by atoms with Crippen LogP contribution in [-0.2, 0) is 9.53 Å². The molecule has 0 aliphatic carbocycles. The summed E-state index contributed by atoms with van der Waals surface area (Å²) in [4.78, 5) is 10.7. The molecule has 5 heteroatoms. The lowest BCUT2D eigenvalue weighted by atomic mass is 10.3. The van der Waals surface area contributed by atoms with Crippen LogP contribution in [0.5, 0.6) is 11.5 Å². The van der Waals surface area contributed by atoms with Crippen LogP contribution >= 0.6 is 0 Å². The minimum atomic E-state index is -0.485. The van der Waals surface area contributed by atoms with Gasteiger partial charge in [-0.3, -0.25) is 0 Å². The number of methoxy groups -OCH3 is 1. The fourth-order valence-corrected chi connectivity index (χ4v) is 0.814. The Kier molecular flexibility index (Phi) is 3.17. The Morgan fingerprint density at radius 3 is 2.86 bits per heavy atom. The van der Waals surface area contributed by atoms with Crippen molar-refractivity contribution in [1.29, 1.82) is 0 Å². The number of esters is 1. The third kappa shape index (κ3) is 2.55. The molecule has 0 atom stereocenters. The predicted octanol–water partition coefficient (Wildman–Crippen LogP) is 0.526. The average Bonchev–Trinajstić information content (AvgIpc) is 2.19. The highest BCUT2D eigenvalue weighted by Crippen LogP contribution is 2.24. The van der Waals surface area contributed by atoms with Crippen LogP contribution in [0.4, 0.5) is 5.69 Å². The van der Waals surface area contributed by atoms with Crippen LogP contribution in [0.1, 0.15) is 0 Å². The number of carbonyl (C=O) groups excluding carboxylic acids is 1. The molecule has 0 aromatic heterocycles. The topological polar surface area (TPSA) is 81.8 Å². The van der Waals surface area contributed by atoms with Crippen molar-refractivity contribution in [2.75, 3.05) is 19.5 Å². The van der Waals surface area contributed by atoms with Gasteiger partial charge in [-0.2, -0.15) is 0 Å². The molecule has 0 radical (unpaired) electrons. The fourth-order valence-electron chi connectivity index (χ4n) is 0.814. The molecule has 1 aromatic rings. The lowest BCUT2D eigenvalue weighted by Crippen LogP contribution is -2.12. The van der Waals surface area contributed by atoms with Crippen molar-refractivity contribution in [1.82, 2.24) is 0 Å². The fraction of sp³-hybridized carbons (Fsp3) is 0.222. The molecule has 0 bridgehead atoms. The Morgan fingerprint density at radius 2 is 2.29 bits per heavy atom. The summed E-state index contributed by atoms with van der Waals surface area (Å²) in [5, 5.41) is 9.20. The number of benzene rings is 1. The number of phenols is 1. The van der Waals surface area contributed by atoms with E-state index in [1.165, 1.54) is 19.2 Å². The first-order valence-corrected chi connectivity index (χ1v) is 3.91. The average molecular weight is 197 g/mol. The summed E-state index contributed by atoms with van der Waals surface area (Å²) in [5.74, 6) is -0.198. The Hall–Kier alpha value is -1.91. The second-order valence-electron chi connectivity index (χ2n) is 2.59. The molecule has 14 heavy (non-hydrogen) atoms. The monoisotopic (exact) mass is 197 g/mol. The van der Waals surface area contributed by atoms with Crippen molar-refractivity contribution < 1.29 is 19.4 Å². The zero-order valence-electron chi connectivity index (χ0n) is 7.69. The number of phenolic OH excluding ortho intramolecular Hbond substituents is 1. The maximum atomic E-state index is 10.7. The third-order valence-electron chi connectivity index (χ3n) is 1.59. The number of nitrogen functional groups attached to an aromatic ring is 1. The quantitative estimate of drug-likeness (QED) is 0.419. The Morgan fingerprint density at radius 1 is 1.57 bits per heavy atom. The van der Waals surface area contributed by atoms with Crippen LogP contribution in [0.2, 0.25) is 0 Å². The van der Waals surface area contributed by atoms with Crippen molar-refractivity contribution in [3.8, 4) is 11.5 Å². The zero-order valence-corrected chi connectivity index (χ0v) is 7.69. The first-order valence-electron chi connectivity index (χ1n) is 3.91. The van der Waals surface area contributed by atoms with Crippen molar-refractivity contribution in [3.63, 3.8) is 0 Å². The molecule has 1 rings (SSSR count). The van der Waals surface area contributed by atoms with Gasteiger partial charge in [0.25, 0.3) is 0 Å². The molecule has 0 fully saturated rings. The lowest BCUT2D eigenvalue weighted by molar-refractivity contribution is -0.142. The van der Waals surface area contributed by atoms with Gasteiger partial charge < -0.3 is 20.3 Å². The van der Waals surface area contributed by atoms with Gasteiger partial charge >= 0.3 is 5.97 Å². The van der Waals surface area contributed by atoms with E-state index < -0.39 is 5.97 Å². The molecule has 76 valence electrons. The number of ether oxygens (including phenoxy) is 2. The molecular weight excluding hydrogens is 186 g/mol. The number of hydrogen-bond acceptors (Lipinski definition) is 5. The van der Waals surface area contributed by atoms with E-state index in [1.807, 2.05) is 0 Å². The second-order valence-corrected chi connectivity index (χ2v) is 2.59. The molecule has 0 saturated carbocycles. The molecule has 0 saturated heterocycles. The van der Waals surface area contributed by atoms with Crippen molar-refractivity contribution in [3.05, 3.63) is 18.2 Å². The standard InChI is InChI=1S/C9H11NO4/c1-13-9(12)5-14-6-2-3-7(10)8(11)4-6/h2-4,11H,5,10H2,1H3. The SMILES string of the molecule is COC(=O)COc1ccc(N)c(O)c1. The molecule has 1 aromatic carbocycles. The predicted molar refractivity (Wildman–Crippen MR) is 50.0 cm³/mol. The summed E-state index contributed by atoms with van der Waals surface area (Å²) in [6.07, 6.45) is 0. The molecule has 0 aliphatic rings. The van der Waals surface area contributed by atoms with E-state index in [2.05, 4.69) is 4.74 Å². The van der Waals surface area contributed by atoms with E-state index in [0.29, 0.717) is 5.75 Å². The summed E-state index contributed by atoms with van der Waals surface area (Å²) >= 11 is 0. The van der Waals surface area contributed by atoms with E-state index in [4.69, 9.17) is 10.5 Å². The molecular formula is C9H11NO4. The molecule has 0 spiro atoms. The maximum Gasteiger partial charge on any atom is 0.343 e. The largest absolute Gasteiger partial charge is 0.506 e. The second kappa shape index (κ2) is 4.36.